The van der Waals surface area contributed by atoms with Crippen LogP contribution in [0.25, 0.3) is 10.9 Å². The summed E-state index contributed by atoms with van der Waals surface area (Å²) in [6.07, 6.45) is 4.72. The third-order valence-electron chi connectivity index (χ3n) is 4.49. The molecule has 0 radical (unpaired) electrons. The number of rotatable bonds is 5. The van der Waals surface area contributed by atoms with Crippen LogP contribution in [-0.2, 0) is 20.6 Å². The Bertz CT molecular complexity index is 998. The summed E-state index contributed by atoms with van der Waals surface area (Å²) in [4.78, 5) is 27.1. The second-order valence-corrected chi connectivity index (χ2v) is 10.7. The highest BCUT2D eigenvalue weighted by atomic mass is 127. The van der Waals surface area contributed by atoms with E-state index in [0.717, 1.165) is 20.0 Å². The van der Waals surface area contributed by atoms with Crippen molar-refractivity contribution in [2.45, 2.75) is 65.2 Å². The van der Waals surface area contributed by atoms with E-state index in [-0.39, 0.29) is 6.04 Å². The molecule has 1 atom stereocenters. The Hall–Kier alpha value is -2.23. The molecule has 2 rings (SSSR count). The van der Waals surface area contributed by atoms with Gasteiger partial charge in [-0.3, -0.25) is 4.57 Å². The number of aromatic nitrogens is 1. The maximum Gasteiger partial charge on any atom is 0.419 e. The number of hydrogen-bond acceptors (Lipinski definition) is 5. The summed E-state index contributed by atoms with van der Waals surface area (Å²) in [6.45, 7) is 11.0. The van der Waals surface area contributed by atoms with Crippen LogP contribution in [0.1, 0.15) is 47.1 Å². The van der Waals surface area contributed by atoms with Crippen molar-refractivity contribution in [3.05, 3.63) is 45.9 Å². The van der Waals surface area contributed by atoms with Crippen molar-refractivity contribution >= 4 is 45.7 Å². The zero-order chi connectivity index (χ0) is 24.3. The summed E-state index contributed by atoms with van der Waals surface area (Å²) >= 11 is 2.26. The fraction of sp³-hybridized carbons (Fsp3) is 0.500. The molecule has 7 nitrogen and oxygen atoms in total. The topological polar surface area (TPSA) is 70.0 Å². The number of hydrogen-bond donors (Lipinski definition) is 0. The molecular formula is C24H33IN2O5. The molecule has 1 heterocycles. The van der Waals surface area contributed by atoms with Gasteiger partial charge in [0, 0.05) is 22.2 Å². The average Bonchev–Trinajstić information content (AvgIpc) is 3.01. The molecule has 0 aliphatic carbocycles. The monoisotopic (exact) mass is 556 g/mol. The van der Waals surface area contributed by atoms with Crippen molar-refractivity contribution < 1.29 is 23.8 Å². The van der Waals surface area contributed by atoms with Crippen LogP contribution in [0, 0.1) is 3.57 Å². The smallest absolute Gasteiger partial charge is 0.419 e. The van der Waals surface area contributed by atoms with E-state index in [1.165, 1.54) is 9.47 Å². The van der Waals surface area contributed by atoms with Gasteiger partial charge in [0.2, 0.25) is 0 Å². The number of halogens is 1. The standard InChI is InChI=1S/C24H33IN2O5/c1-23(2,3)31-21(28)26(7)17(12-13-30-8)14-16-15-27(22(29)32-24(4,5)6)19-11-9-10-18(25)20(16)19/h9-13,15,17H,14H2,1-8H3/b13-12+/t17-/m0/s1. The fourth-order valence-electron chi connectivity index (χ4n) is 3.14. The predicted octanol–water partition coefficient (Wildman–Crippen LogP) is 5.97. The van der Waals surface area contributed by atoms with Crippen molar-refractivity contribution in [3.63, 3.8) is 0 Å². The Morgan fingerprint density at radius 2 is 1.75 bits per heavy atom. The molecule has 1 amide bonds. The highest BCUT2D eigenvalue weighted by molar-refractivity contribution is 14.1. The number of nitrogens with zero attached hydrogens (tertiary/aromatic N) is 2. The molecule has 1 aromatic heterocycles. The third-order valence-corrected chi connectivity index (χ3v) is 5.39. The zero-order valence-corrected chi connectivity index (χ0v) is 22.2. The van der Waals surface area contributed by atoms with Gasteiger partial charge in [-0.25, -0.2) is 9.59 Å². The van der Waals surface area contributed by atoms with E-state index >= 15 is 0 Å². The maximum absolute atomic E-state index is 12.9. The van der Waals surface area contributed by atoms with Gasteiger partial charge in [0.1, 0.15) is 11.2 Å². The first-order valence-electron chi connectivity index (χ1n) is 10.4. The molecule has 0 aliphatic heterocycles. The molecule has 0 bridgehead atoms. The first kappa shape index (κ1) is 26.0. The van der Waals surface area contributed by atoms with Gasteiger partial charge in [-0.2, -0.15) is 0 Å². The molecule has 0 N–H and O–H groups in total. The van der Waals surface area contributed by atoms with E-state index in [1.54, 1.807) is 32.7 Å². The number of carbonyl (C=O) groups is 2. The molecule has 0 unspecified atom stereocenters. The lowest BCUT2D eigenvalue weighted by molar-refractivity contribution is 0.0253. The summed E-state index contributed by atoms with van der Waals surface area (Å²) in [6, 6.07) is 5.44. The number of benzene rings is 1. The van der Waals surface area contributed by atoms with Crippen molar-refractivity contribution in [3.8, 4) is 0 Å². The number of carbonyl (C=O) groups excluding carboxylic acids is 2. The quantitative estimate of drug-likeness (QED) is 0.336. The van der Waals surface area contributed by atoms with Gasteiger partial charge in [-0.05, 0) is 94.3 Å². The van der Waals surface area contributed by atoms with Gasteiger partial charge < -0.3 is 19.1 Å². The lowest BCUT2D eigenvalue weighted by atomic mass is 10.0. The SMILES string of the molecule is CO/C=C/[C@@H](Cc1cn(C(=O)OC(C)(C)C)c2cccc(I)c12)N(C)C(=O)OC(C)(C)C. The molecule has 0 aliphatic rings. The Kier molecular flexibility index (Phi) is 8.25. The Morgan fingerprint density at radius 1 is 1.12 bits per heavy atom. The van der Waals surface area contributed by atoms with E-state index in [9.17, 15) is 9.59 Å². The second kappa shape index (κ2) is 10.1. The number of fused-ring (bicyclic) bond motifs is 1. The van der Waals surface area contributed by atoms with Crippen molar-refractivity contribution in [1.29, 1.82) is 0 Å². The first-order valence-corrected chi connectivity index (χ1v) is 11.5. The molecule has 1 aromatic carbocycles. The van der Waals surface area contributed by atoms with E-state index < -0.39 is 23.4 Å². The summed E-state index contributed by atoms with van der Waals surface area (Å²) in [5.74, 6) is 0. The molecule has 2 aromatic rings. The molecule has 176 valence electrons. The average molecular weight is 556 g/mol. The van der Waals surface area contributed by atoms with Gasteiger partial charge in [-0.15, -0.1) is 0 Å². The highest BCUT2D eigenvalue weighted by Crippen LogP contribution is 2.29. The molecule has 0 saturated heterocycles. The summed E-state index contributed by atoms with van der Waals surface area (Å²) < 4.78 is 18.8. The summed E-state index contributed by atoms with van der Waals surface area (Å²) in [5.41, 5.74) is 0.451. The minimum atomic E-state index is -0.615. The van der Waals surface area contributed by atoms with E-state index in [1.807, 2.05) is 59.7 Å². The lowest BCUT2D eigenvalue weighted by Crippen LogP contribution is -2.41. The number of ether oxygens (including phenoxy) is 3. The minimum Gasteiger partial charge on any atom is -0.505 e. The van der Waals surface area contributed by atoms with Gasteiger partial charge >= 0.3 is 12.2 Å². The summed E-state index contributed by atoms with van der Waals surface area (Å²) in [7, 11) is 3.25. The molecule has 0 fully saturated rings. The van der Waals surface area contributed by atoms with Crippen LogP contribution in [0.15, 0.2) is 36.7 Å². The lowest BCUT2D eigenvalue weighted by Gasteiger charge is -2.29. The van der Waals surface area contributed by atoms with Crippen LogP contribution < -0.4 is 0 Å². The van der Waals surface area contributed by atoms with Gasteiger partial charge in [0.05, 0.1) is 24.9 Å². The van der Waals surface area contributed by atoms with E-state index in [0.29, 0.717) is 6.42 Å². The molecule has 32 heavy (non-hydrogen) atoms. The van der Waals surface area contributed by atoms with Crippen LogP contribution >= 0.6 is 22.6 Å². The van der Waals surface area contributed by atoms with Gasteiger partial charge in [0.25, 0.3) is 0 Å². The van der Waals surface area contributed by atoms with Crippen LogP contribution in [-0.4, -0.2) is 53.1 Å². The van der Waals surface area contributed by atoms with E-state index in [2.05, 4.69) is 22.6 Å². The van der Waals surface area contributed by atoms with Crippen LogP contribution in [0.4, 0.5) is 9.59 Å². The molecular weight excluding hydrogens is 523 g/mol. The zero-order valence-electron chi connectivity index (χ0n) is 20.1. The number of likely N-dealkylation sites (N-methyl/N-ethyl adjacent to an activating group) is 1. The fourth-order valence-corrected chi connectivity index (χ4v) is 3.97. The van der Waals surface area contributed by atoms with Crippen LogP contribution in [0.5, 0.6) is 0 Å². The van der Waals surface area contributed by atoms with Crippen LogP contribution in [0.3, 0.4) is 0 Å². The predicted molar refractivity (Wildman–Crippen MR) is 134 cm³/mol. The normalized spacial score (nSPS) is 13.3. The van der Waals surface area contributed by atoms with Crippen LogP contribution in [0.2, 0.25) is 0 Å². The first-order chi connectivity index (χ1) is 14.7. The highest BCUT2D eigenvalue weighted by Gasteiger charge is 2.27. The second-order valence-electron chi connectivity index (χ2n) is 9.57. The van der Waals surface area contributed by atoms with Crippen molar-refractivity contribution in [2.75, 3.05) is 14.2 Å². The van der Waals surface area contributed by atoms with Gasteiger partial charge in [0.15, 0.2) is 0 Å². The minimum absolute atomic E-state index is 0.349. The third kappa shape index (κ3) is 6.88. The molecule has 0 saturated carbocycles. The Morgan fingerprint density at radius 3 is 2.31 bits per heavy atom. The van der Waals surface area contributed by atoms with Crippen molar-refractivity contribution in [1.82, 2.24) is 9.47 Å². The number of amides is 1. The van der Waals surface area contributed by atoms with Gasteiger partial charge in [-0.1, -0.05) is 6.07 Å². The van der Waals surface area contributed by atoms with Crippen molar-refractivity contribution in [2.24, 2.45) is 0 Å². The molecule has 0 spiro atoms. The maximum atomic E-state index is 12.9. The molecule has 8 heteroatoms. The summed E-state index contributed by atoms with van der Waals surface area (Å²) in [5, 5.41) is 0.951. The number of methoxy groups -OCH3 is 1. The largest absolute Gasteiger partial charge is 0.505 e. The Balaban J connectivity index is 2.48. The Labute approximate surface area is 203 Å². The van der Waals surface area contributed by atoms with E-state index in [4.69, 9.17) is 14.2 Å².